The van der Waals surface area contributed by atoms with Crippen LogP contribution in [0.15, 0.2) is 66.7 Å². The molecule has 0 atom stereocenters. The highest BCUT2D eigenvalue weighted by molar-refractivity contribution is 5.22. The van der Waals surface area contributed by atoms with Gasteiger partial charge in [0.15, 0.2) is 0 Å². The van der Waals surface area contributed by atoms with Gasteiger partial charge in [0.05, 0.1) is 0 Å². The molecule has 0 aromatic heterocycles. The summed E-state index contributed by atoms with van der Waals surface area (Å²) in [6.07, 6.45) is 23.6. The zero-order valence-electron chi connectivity index (χ0n) is 40.2. The summed E-state index contributed by atoms with van der Waals surface area (Å²) in [5.74, 6) is 8.04. The van der Waals surface area contributed by atoms with Crippen LogP contribution in [0.4, 0.5) is 4.39 Å². The van der Waals surface area contributed by atoms with E-state index in [-0.39, 0.29) is 17.5 Å². The van der Waals surface area contributed by atoms with Gasteiger partial charge in [0.1, 0.15) is 5.82 Å². The molecule has 3 aromatic carbocycles. The van der Waals surface area contributed by atoms with Gasteiger partial charge in [0.2, 0.25) is 0 Å². The minimum absolute atomic E-state index is 0. The molecule has 4 aliphatic carbocycles. The lowest BCUT2D eigenvalue weighted by Crippen LogP contribution is -2.08. The van der Waals surface area contributed by atoms with E-state index in [2.05, 4.69) is 132 Å². The summed E-state index contributed by atoms with van der Waals surface area (Å²) < 4.78 is 12.6. The van der Waals surface area contributed by atoms with E-state index in [0.717, 1.165) is 52.9 Å². The van der Waals surface area contributed by atoms with Crippen LogP contribution >= 0.6 is 0 Å². The maximum atomic E-state index is 12.6. The average Bonchev–Trinajstić information content (AvgIpc) is 3.19. The SMILES string of the molecule is C.CC1CCC(C)CC1.CC1CCC(C)CC1.CC1CCC(C)CC1.CC1CCC(C)CC1.Cc1ccc(C)c(F)c1.Cc1ccc(C)cc1.Cc1ccc(C)cc1.[2HH].[HH].[HH]. The molecule has 0 nitrogen and oxygen atoms in total. The fourth-order valence-corrected chi connectivity index (χ4v) is 7.68. The Morgan fingerprint density at radius 2 is 0.483 bits per heavy atom. The van der Waals surface area contributed by atoms with Crippen LogP contribution < -0.4 is 0 Å². The molecule has 0 spiro atoms. The fraction of sp³-hybridized carbons (Fsp3) is 0.684. The lowest BCUT2D eigenvalue weighted by Gasteiger charge is -2.22. The molecule has 1 heteroatoms. The van der Waals surface area contributed by atoms with Gasteiger partial charge in [-0.05, 0) is 106 Å². The highest BCUT2D eigenvalue weighted by Gasteiger charge is 2.15. The Morgan fingerprint density at radius 1 is 0.328 bits per heavy atom. The first-order chi connectivity index (χ1) is 26.9. The van der Waals surface area contributed by atoms with Gasteiger partial charge >= 0.3 is 0 Å². The van der Waals surface area contributed by atoms with Crippen molar-refractivity contribution in [3.63, 3.8) is 0 Å². The molecule has 4 fully saturated rings. The second kappa shape index (κ2) is 32.4. The smallest absolute Gasteiger partial charge is 0.126 e. The molecule has 0 bridgehead atoms. The van der Waals surface area contributed by atoms with E-state index in [4.69, 9.17) is 0 Å². The molecular formula is C57H103F. The van der Waals surface area contributed by atoms with Crippen molar-refractivity contribution in [1.82, 2.24) is 0 Å². The molecule has 0 N–H and O–H groups in total. The van der Waals surface area contributed by atoms with Gasteiger partial charge in [-0.25, -0.2) is 4.39 Å². The van der Waals surface area contributed by atoms with Crippen LogP contribution in [0.5, 0.6) is 0 Å². The number of hydrogen-bond donors (Lipinski definition) is 0. The quantitative estimate of drug-likeness (QED) is 0.212. The Balaban J connectivity index is -0.000000307. The lowest BCUT2D eigenvalue weighted by molar-refractivity contribution is 0.308. The summed E-state index contributed by atoms with van der Waals surface area (Å²) in [4.78, 5) is 0. The van der Waals surface area contributed by atoms with Gasteiger partial charge in [-0.2, -0.15) is 0 Å². The van der Waals surface area contributed by atoms with Crippen LogP contribution in [0.2, 0.25) is 0 Å². The third-order valence-corrected chi connectivity index (χ3v) is 13.0. The molecule has 0 heterocycles. The van der Waals surface area contributed by atoms with E-state index in [1.807, 2.05) is 13.0 Å². The monoisotopic (exact) mass is 808 g/mol. The van der Waals surface area contributed by atoms with Crippen molar-refractivity contribution in [2.45, 2.75) is 207 Å². The van der Waals surface area contributed by atoms with Crippen LogP contribution in [-0.2, 0) is 0 Å². The first-order valence-corrected chi connectivity index (χ1v) is 23.7. The van der Waals surface area contributed by atoms with E-state index in [0.29, 0.717) is 5.56 Å². The third kappa shape index (κ3) is 29.7. The Kier molecular flexibility index (Phi) is 31.0. The van der Waals surface area contributed by atoms with Gasteiger partial charge in [-0.1, -0.05) is 248 Å². The summed E-state index contributed by atoms with van der Waals surface area (Å²) in [6.45, 7) is 31.0. The van der Waals surface area contributed by atoms with Gasteiger partial charge in [-0.15, -0.1) is 0 Å². The molecule has 338 valence electrons. The van der Waals surface area contributed by atoms with E-state index in [1.165, 1.54) is 131 Å². The molecule has 4 aliphatic rings. The maximum absolute atomic E-state index is 12.6. The van der Waals surface area contributed by atoms with Gasteiger partial charge < -0.3 is 0 Å². The highest BCUT2D eigenvalue weighted by Crippen LogP contribution is 2.29. The van der Waals surface area contributed by atoms with Crippen molar-refractivity contribution in [2.24, 2.45) is 47.3 Å². The van der Waals surface area contributed by atoms with E-state index in [1.54, 1.807) is 13.0 Å². The van der Waals surface area contributed by atoms with Crippen LogP contribution in [0.3, 0.4) is 0 Å². The van der Waals surface area contributed by atoms with Crippen molar-refractivity contribution in [3.8, 4) is 0 Å². The van der Waals surface area contributed by atoms with E-state index < -0.39 is 0 Å². The zero-order chi connectivity index (χ0) is 42.8. The van der Waals surface area contributed by atoms with Crippen molar-refractivity contribution < 1.29 is 8.67 Å². The maximum Gasteiger partial charge on any atom is 0.126 e. The molecule has 0 aliphatic heterocycles. The molecule has 4 saturated carbocycles. The number of rotatable bonds is 0. The van der Waals surface area contributed by atoms with Crippen LogP contribution in [-0.4, -0.2) is 0 Å². The zero-order valence-corrected chi connectivity index (χ0v) is 40.2. The average molecular weight is 808 g/mol. The number of benzene rings is 3. The molecule has 0 amide bonds. The minimum Gasteiger partial charge on any atom is -0.207 e. The summed E-state index contributed by atoms with van der Waals surface area (Å²) >= 11 is 0. The molecule has 0 saturated heterocycles. The molecule has 0 radical (unpaired) electrons. The van der Waals surface area contributed by atoms with Gasteiger partial charge in [0, 0.05) is 4.28 Å². The summed E-state index contributed by atoms with van der Waals surface area (Å²) in [7, 11) is 0. The number of aryl methyl sites for hydroxylation is 6. The normalized spacial score (nSPS) is 26.0. The molecule has 7 rings (SSSR count). The molecule has 0 unspecified atom stereocenters. The number of halogens is 1. The first-order valence-electron chi connectivity index (χ1n) is 23.7. The standard InChI is InChI=1S/C8H9F.4C8H16.2C8H10.CH4.3H2/c1-6-3-4-7(2)8(9)5-6;6*1-7-3-5-8(2)6-4-7;;;;/h3-5H,1-2H3;4*7-8H,3-6H2,1-2H3;2*3-6H,1-2H3;1H4;3*1H/i;;;;;;;;1+1;;. The predicted octanol–water partition coefficient (Wildman–Crippen LogP) is 19.8. The summed E-state index contributed by atoms with van der Waals surface area (Å²) in [5.41, 5.74) is 7.00. The van der Waals surface area contributed by atoms with Crippen LogP contribution in [0.1, 0.15) is 203 Å². The van der Waals surface area contributed by atoms with Crippen molar-refractivity contribution in [1.29, 1.82) is 0 Å². The summed E-state index contributed by atoms with van der Waals surface area (Å²) in [6, 6.07) is 22.2. The van der Waals surface area contributed by atoms with Gasteiger partial charge in [0.25, 0.3) is 0 Å². The second-order valence-electron chi connectivity index (χ2n) is 20.0. The topological polar surface area (TPSA) is 0 Å². The van der Waals surface area contributed by atoms with E-state index >= 15 is 0 Å². The Labute approximate surface area is 367 Å². The second-order valence-corrected chi connectivity index (χ2v) is 20.0. The van der Waals surface area contributed by atoms with E-state index in [9.17, 15) is 4.39 Å². The Hall–Kier alpha value is -2.41. The minimum atomic E-state index is -0.116. The van der Waals surface area contributed by atoms with Crippen LogP contribution in [0.25, 0.3) is 0 Å². The summed E-state index contributed by atoms with van der Waals surface area (Å²) in [5, 5.41) is 0. The Morgan fingerprint density at radius 3 is 0.621 bits per heavy atom. The van der Waals surface area contributed by atoms with Crippen molar-refractivity contribution in [2.75, 3.05) is 0 Å². The Bertz CT molecular complexity index is 1170. The predicted molar refractivity (Wildman–Crippen MR) is 268 cm³/mol. The highest BCUT2D eigenvalue weighted by atomic mass is 19.1. The third-order valence-electron chi connectivity index (χ3n) is 13.0. The van der Waals surface area contributed by atoms with Gasteiger partial charge in [-0.3, -0.25) is 0 Å². The van der Waals surface area contributed by atoms with Crippen molar-refractivity contribution >= 4 is 0 Å². The lowest BCUT2D eigenvalue weighted by atomic mass is 9.84. The number of hydrogen-bond acceptors (Lipinski definition) is 0. The largest absolute Gasteiger partial charge is 0.207 e. The van der Waals surface area contributed by atoms with Crippen LogP contribution in [0, 0.1) is 94.7 Å². The molecular weight excluding hydrogens is 704 g/mol. The first kappa shape index (κ1) is 55.6. The van der Waals surface area contributed by atoms with Crippen molar-refractivity contribution in [3.05, 3.63) is 106 Å². The fourth-order valence-electron chi connectivity index (χ4n) is 7.68. The molecule has 3 aromatic rings. The molecule has 58 heavy (non-hydrogen) atoms.